The summed E-state index contributed by atoms with van der Waals surface area (Å²) in [5, 5.41) is 0. The summed E-state index contributed by atoms with van der Waals surface area (Å²) in [5.74, 6) is 1.07. The first-order valence-corrected chi connectivity index (χ1v) is 9.42. The maximum Gasteiger partial charge on any atom is 0.134 e. The molecular weight excluding hydrogens is 268 g/mol. The number of hydrogen-bond acceptors (Lipinski definition) is 2. The zero-order valence-corrected chi connectivity index (χ0v) is 15.3. The van der Waals surface area contributed by atoms with Gasteiger partial charge in [0.2, 0.25) is 0 Å². The van der Waals surface area contributed by atoms with Crippen LogP contribution in [0.4, 0.5) is 0 Å². The van der Waals surface area contributed by atoms with Gasteiger partial charge in [-0.1, -0.05) is 78.6 Å². The van der Waals surface area contributed by atoms with Crippen LogP contribution in [0.3, 0.4) is 0 Å². The normalized spacial score (nSPS) is 14.0. The average Bonchev–Trinajstić information content (AvgIpc) is 2.51. The molecule has 0 N–H and O–H groups in total. The van der Waals surface area contributed by atoms with E-state index < -0.39 is 0 Å². The summed E-state index contributed by atoms with van der Waals surface area (Å²) < 4.78 is 0. The van der Waals surface area contributed by atoms with Gasteiger partial charge in [-0.15, -0.1) is 0 Å². The SMILES string of the molecule is CCCCCCCC(C)(CCCCCC)c1nccc(C)n1. The molecule has 0 radical (unpaired) electrons. The van der Waals surface area contributed by atoms with Crippen molar-refractivity contribution in [1.82, 2.24) is 9.97 Å². The molecule has 0 aromatic carbocycles. The van der Waals surface area contributed by atoms with Crippen LogP contribution in [0, 0.1) is 6.92 Å². The van der Waals surface area contributed by atoms with Crippen molar-refractivity contribution in [1.29, 1.82) is 0 Å². The van der Waals surface area contributed by atoms with Crippen LogP contribution in [0.5, 0.6) is 0 Å². The van der Waals surface area contributed by atoms with Crippen molar-refractivity contribution in [2.75, 3.05) is 0 Å². The number of unbranched alkanes of at least 4 members (excludes halogenated alkanes) is 7. The van der Waals surface area contributed by atoms with Crippen LogP contribution in [-0.2, 0) is 5.41 Å². The van der Waals surface area contributed by atoms with E-state index in [4.69, 9.17) is 4.98 Å². The van der Waals surface area contributed by atoms with Gasteiger partial charge in [0.1, 0.15) is 5.82 Å². The van der Waals surface area contributed by atoms with Crippen LogP contribution < -0.4 is 0 Å². The van der Waals surface area contributed by atoms with Crippen molar-refractivity contribution in [2.24, 2.45) is 0 Å². The molecule has 2 nitrogen and oxygen atoms in total. The third-order valence-corrected chi connectivity index (χ3v) is 4.75. The van der Waals surface area contributed by atoms with Crippen LogP contribution in [0.15, 0.2) is 12.3 Å². The molecule has 0 aliphatic rings. The minimum Gasteiger partial charge on any atom is -0.241 e. The molecule has 0 spiro atoms. The largest absolute Gasteiger partial charge is 0.241 e. The second-order valence-electron chi connectivity index (χ2n) is 7.06. The molecule has 22 heavy (non-hydrogen) atoms. The van der Waals surface area contributed by atoms with Crippen LogP contribution in [0.2, 0.25) is 0 Å². The maximum absolute atomic E-state index is 4.75. The zero-order valence-electron chi connectivity index (χ0n) is 15.3. The summed E-state index contributed by atoms with van der Waals surface area (Å²) in [4.78, 5) is 9.36. The first kappa shape index (κ1) is 19.1. The van der Waals surface area contributed by atoms with E-state index in [-0.39, 0.29) is 5.41 Å². The monoisotopic (exact) mass is 304 g/mol. The summed E-state index contributed by atoms with van der Waals surface area (Å²) in [5.41, 5.74) is 1.25. The van der Waals surface area contributed by atoms with Crippen LogP contribution >= 0.6 is 0 Å². The van der Waals surface area contributed by atoms with Crippen molar-refractivity contribution >= 4 is 0 Å². The van der Waals surface area contributed by atoms with Crippen LogP contribution in [-0.4, -0.2) is 9.97 Å². The highest BCUT2D eigenvalue weighted by molar-refractivity contribution is 5.09. The maximum atomic E-state index is 4.75. The lowest BCUT2D eigenvalue weighted by molar-refractivity contribution is 0.344. The molecular formula is C20H36N2. The molecule has 2 heteroatoms. The Balaban J connectivity index is 2.62. The molecule has 0 fully saturated rings. The third kappa shape index (κ3) is 6.89. The summed E-state index contributed by atoms with van der Waals surface area (Å²) in [6.45, 7) is 9.01. The topological polar surface area (TPSA) is 25.8 Å². The molecule has 0 bridgehead atoms. The number of rotatable bonds is 12. The lowest BCUT2D eigenvalue weighted by atomic mass is 9.78. The van der Waals surface area contributed by atoms with E-state index in [1.807, 2.05) is 12.3 Å². The fraction of sp³-hybridized carbons (Fsp3) is 0.800. The first-order chi connectivity index (χ1) is 10.6. The number of aryl methyl sites for hydroxylation is 1. The van der Waals surface area contributed by atoms with Crippen molar-refractivity contribution in [3.05, 3.63) is 23.8 Å². The molecule has 126 valence electrons. The molecule has 0 aliphatic carbocycles. The van der Waals surface area contributed by atoms with E-state index in [1.54, 1.807) is 0 Å². The number of hydrogen-bond donors (Lipinski definition) is 0. The van der Waals surface area contributed by atoms with Crippen molar-refractivity contribution < 1.29 is 0 Å². The van der Waals surface area contributed by atoms with Crippen molar-refractivity contribution in [3.63, 3.8) is 0 Å². The van der Waals surface area contributed by atoms with Gasteiger partial charge < -0.3 is 0 Å². The Morgan fingerprint density at radius 2 is 1.41 bits per heavy atom. The highest BCUT2D eigenvalue weighted by Gasteiger charge is 2.28. The Morgan fingerprint density at radius 3 is 1.95 bits per heavy atom. The Labute approximate surface area is 138 Å². The highest BCUT2D eigenvalue weighted by atomic mass is 14.9. The summed E-state index contributed by atoms with van der Waals surface area (Å²) in [7, 11) is 0. The summed E-state index contributed by atoms with van der Waals surface area (Å²) >= 11 is 0. The smallest absolute Gasteiger partial charge is 0.134 e. The zero-order chi connectivity index (χ0) is 16.3. The van der Waals surface area contributed by atoms with Crippen molar-refractivity contribution in [2.45, 2.75) is 104 Å². The van der Waals surface area contributed by atoms with Gasteiger partial charge in [0.25, 0.3) is 0 Å². The van der Waals surface area contributed by atoms with Gasteiger partial charge in [-0.25, -0.2) is 9.97 Å². The minimum atomic E-state index is 0.159. The lowest BCUT2D eigenvalue weighted by Crippen LogP contribution is -2.25. The van der Waals surface area contributed by atoms with Crippen molar-refractivity contribution in [3.8, 4) is 0 Å². The molecule has 0 saturated heterocycles. The predicted octanol–water partition coefficient (Wildman–Crippen LogP) is 6.37. The van der Waals surface area contributed by atoms with E-state index in [0.717, 1.165) is 11.5 Å². The second kappa shape index (κ2) is 10.7. The standard InChI is InChI=1S/C20H36N2/c1-5-7-9-11-13-16-20(4,15-12-10-8-6-2)19-21-17-14-18(3)22-19/h14,17H,5-13,15-16H2,1-4H3. The highest BCUT2D eigenvalue weighted by Crippen LogP contribution is 2.33. The molecule has 1 aromatic heterocycles. The third-order valence-electron chi connectivity index (χ3n) is 4.75. The summed E-state index contributed by atoms with van der Waals surface area (Å²) in [6.07, 6.45) is 16.4. The Morgan fingerprint density at radius 1 is 0.864 bits per heavy atom. The van der Waals surface area contributed by atoms with Gasteiger partial charge in [0.15, 0.2) is 0 Å². The fourth-order valence-electron chi connectivity index (χ4n) is 3.15. The van der Waals surface area contributed by atoms with Gasteiger partial charge in [0.05, 0.1) is 0 Å². The Hall–Kier alpha value is -0.920. The molecule has 1 unspecified atom stereocenters. The summed E-state index contributed by atoms with van der Waals surface area (Å²) in [6, 6.07) is 2.00. The van der Waals surface area contributed by atoms with Gasteiger partial charge in [-0.05, 0) is 25.8 Å². The molecule has 1 heterocycles. The Kier molecular flexibility index (Phi) is 9.34. The van der Waals surface area contributed by atoms with Gasteiger partial charge in [-0.2, -0.15) is 0 Å². The molecule has 0 saturated carbocycles. The quantitative estimate of drug-likeness (QED) is 0.419. The fourth-order valence-corrected chi connectivity index (χ4v) is 3.15. The van der Waals surface area contributed by atoms with E-state index in [1.165, 1.54) is 70.6 Å². The van der Waals surface area contributed by atoms with Gasteiger partial charge in [-0.3, -0.25) is 0 Å². The number of nitrogens with zero attached hydrogens (tertiary/aromatic N) is 2. The molecule has 1 rings (SSSR count). The Bertz CT molecular complexity index is 402. The van der Waals surface area contributed by atoms with Crippen LogP contribution in [0.1, 0.15) is 103 Å². The van der Waals surface area contributed by atoms with E-state index in [2.05, 4.69) is 32.7 Å². The van der Waals surface area contributed by atoms with Crippen LogP contribution in [0.25, 0.3) is 0 Å². The van der Waals surface area contributed by atoms with E-state index >= 15 is 0 Å². The number of aromatic nitrogens is 2. The van der Waals surface area contributed by atoms with Gasteiger partial charge in [0, 0.05) is 17.3 Å². The first-order valence-electron chi connectivity index (χ1n) is 9.42. The minimum absolute atomic E-state index is 0.159. The van der Waals surface area contributed by atoms with Gasteiger partial charge >= 0.3 is 0 Å². The van der Waals surface area contributed by atoms with E-state index in [0.29, 0.717) is 0 Å². The molecule has 0 amide bonds. The second-order valence-corrected chi connectivity index (χ2v) is 7.06. The molecule has 0 aliphatic heterocycles. The predicted molar refractivity (Wildman–Crippen MR) is 96.3 cm³/mol. The molecule has 1 atom stereocenters. The molecule has 1 aromatic rings. The lowest BCUT2D eigenvalue weighted by Gasteiger charge is -2.28. The average molecular weight is 305 g/mol. The van der Waals surface area contributed by atoms with E-state index in [9.17, 15) is 0 Å².